The van der Waals surface area contributed by atoms with Crippen LogP contribution in [-0.2, 0) is 0 Å². The van der Waals surface area contributed by atoms with E-state index in [4.69, 9.17) is 17.3 Å². The zero-order valence-corrected chi connectivity index (χ0v) is 9.00. The number of hydrogen-bond donors (Lipinski definition) is 1. The molecule has 0 radical (unpaired) electrons. The number of benzene rings is 1. The molecule has 1 saturated carbocycles. The van der Waals surface area contributed by atoms with E-state index < -0.39 is 0 Å². The quantitative estimate of drug-likeness (QED) is 0.755. The van der Waals surface area contributed by atoms with Crippen molar-refractivity contribution in [2.75, 3.05) is 0 Å². The van der Waals surface area contributed by atoms with Gasteiger partial charge in [0.15, 0.2) is 0 Å². The van der Waals surface area contributed by atoms with E-state index in [-0.39, 0.29) is 0 Å². The Morgan fingerprint density at radius 3 is 2.86 bits per heavy atom. The SMILES string of the molecule is N[C@@H]1CCC[C@@H](c2cccc(Cl)c2)C1. The second-order valence-corrected chi connectivity index (χ2v) is 4.62. The van der Waals surface area contributed by atoms with Gasteiger partial charge in [-0.05, 0) is 42.9 Å². The maximum atomic E-state index is 5.97. The molecule has 0 spiro atoms. The van der Waals surface area contributed by atoms with E-state index in [9.17, 15) is 0 Å². The summed E-state index contributed by atoms with van der Waals surface area (Å²) in [5, 5.41) is 0.835. The van der Waals surface area contributed by atoms with Crippen LogP contribution < -0.4 is 5.73 Å². The minimum Gasteiger partial charge on any atom is -0.328 e. The van der Waals surface area contributed by atoms with Crippen LogP contribution >= 0.6 is 11.6 Å². The van der Waals surface area contributed by atoms with Crippen LogP contribution in [0.25, 0.3) is 0 Å². The molecule has 2 rings (SSSR count). The number of halogens is 1. The third-order valence-electron chi connectivity index (χ3n) is 3.03. The van der Waals surface area contributed by atoms with E-state index in [0.717, 1.165) is 11.4 Å². The Hall–Kier alpha value is -0.530. The largest absolute Gasteiger partial charge is 0.328 e. The maximum Gasteiger partial charge on any atom is 0.0408 e. The summed E-state index contributed by atoms with van der Waals surface area (Å²) in [6.07, 6.45) is 4.80. The predicted molar refractivity (Wildman–Crippen MR) is 60.6 cm³/mol. The Kier molecular flexibility index (Phi) is 3.09. The Balaban J connectivity index is 2.14. The van der Waals surface area contributed by atoms with Crippen molar-refractivity contribution < 1.29 is 0 Å². The average molecular weight is 210 g/mol. The average Bonchev–Trinajstić information content (AvgIpc) is 2.18. The van der Waals surface area contributed by atoms with Gasteiger partial charge in [0.25, 0.3) is 0 Å². The van der Waals surface area contributed by atoms with Gasteiger partial charge in [-0.15, -0.1) is 0 Å². The standard InChI is InChI=1S/C12H16ClN/c13-11-5-1-3-9(7-11)10-4-2-6-12(14)8-10/h1,3,5,7,10,12H,2,4,6,8,14H2/t10-,12-/m1/s1. The number of rotatable bonds is 1. The highest BCUT2D eigenvalue weighted by Gasteiger charge is 2.20. The fourth-order valence-corrected chi connectivity index (χ4v) is 2.49. The van der Waals surface area contributed by atoms with Crippen molar-refractivity contribution in [1.82, 2.24) is 0 Å². The van der Waals surface area contributed by atoms with Gasteiger partial charge in [-0.3, -0.25) is 0 Å². The topological polar surface area (TPSA) is 26.0 Å². The molecule has 0 saturated heterocycles. The van der Waals surface area contributed by atoms with Gasteiger partial charge < -0.3 is 5.73 Å². The summed E-state index contributed by atoms with van der Waals surface area (Å²) in [6, 6.07) is 8.57. The first-order valence-corrected chi connectivity index (χ1v) is 5.64. The Bertz CT molecular complexity index is 311. The summed E-state index contributed by atoms with van der Waals surface area (Å²) in [5.41, 5.74) is 7.32. The first-order valence-electron chi connectivity index (χ1n) is 5.27. The molecule has 76 valence electrons. The van der Waals surface area contributed by atoms with Gasteiger partial charge in [-0.2, -0.15) is 0 Å². The Morgan fingerprint density at radius 1 is 1.29 bits per heavy atom. The molecule has 1 aliphatic rings. The van der Waals surface area contributed by atoms with Crippen LogP contribution in [0, 0.1) is 0 Å². The first-order chi connectivity index (χ1) is 6.75. The maximum absolute atomic E-state index is 5.97. The normalized spacial score (nSPS) is 27.6. The van der Waals surface area contributed by atoms with E-state index in [1.54, 1.807) is 0 Å². The molecule has 1 aromatic carbocycles. The number of nitrogens with two attached hydrogens (primary N) is 1. The van der Waals surface area contributed by atoms with E-state index >= 15 is 0 Å². The molecule has 0 aliphatic heterocycles. The second kappa shape index (κ2) is 4.33. The van der Waals surface area contributed by atoms with Crippen LogP contribution in [0.4, 0.5) is 0 Å². The molecular weight excluding hydrogens is 194 g/mol. The van der Waals surface area contributed by atoms with Crippen LogP contribution in [0.5, 0.6) is 0 Å². The van der Waals surface area contributed by atoms with E-state index in [2.05, 4.69) is 12.1 Å². The lowest BCUT2D eigenvalue weighted by molar-refractivity contribution is 0.393. The Labute approximate surface area is 90.3 Å². The third-order valence-corrected chi connectivity index (χ3v) is 3.27. The molecule has 0 aromatic heterocycles. The molecule has 2 heteroatoms. The second-order valence-electron chi connectivity index (χ2n) is 4.18. The van der Waals surface area contributed by atoms with Gasteiger partial charge in [-0.1, -0.05) is 30.2 Å². The van der Waals surface area contributed by atoms with Gasteiger partial charge in [0.2, 0.25) is 0 Å². The van der Waals surface area contributed by atoms with Crippen LogP contribution in [0.3, 0.4) is 0 Å². The fraction of sp³-hybridized carbons (Fsp3) is 0.500. The van der Waals surface area contributed by atoms with Crippen molar-refractivity contribution >= 4 is 11.6 Å². The van der Waals surface area contributed by atoms with Crippen molar-refractivity contribution in [1.29, 1.82) is 0 Å². The van der Waals surface area contributed by atoms with Crippen LogP contribution in [0.1, 0.15) is 37.2 Å². The highest BCUT2D eigenvalue weighted by atomic mass is 35.5. The van der Waals surface area contributed by atoms with Crippen LogP contribution in [0.15, 0.2) is 24.3 Å². The molecule has 0 heterocycles. The smallest absolute Gasteiger partial charge is 0.0408 e. The third kappa shape index (κ3) is 2.28. The lowest BCUT2D eigenvalue weighted by Crippen LogP contribution is -2.26. The predicted octanol–water partition coefficient (Wildman–Crippen LogP) is 3.32. The molecule has 14 heavy (non-hydrogen) atoms. The summed E-state index contributed by atoms with van der Waals surface area (Å²) in [5.74, 6) is 0.623. The van der Waals surface area contributed by atoms with Gasteiger partial charge in [0, 0.05) is 11.1 Å². The first kappa shape index (κ1) is 10.0. The van der Waals surface area contributed by atoms with Gasteiger partial charge in [0.1, 0.15) is 0 Å². The molecule has 1 aliphatic carbocycles. The van der Waals surface area contributed by atoms with E-state index in [1.807, 2.05) is 12.1 Å². The van der Waals surface area contributed by atoms with Crippen LogP contribution in [0.2, 0.25) is 5.02 Å². The molecule has 2 atom stereocenters. The molecular formula is C12H16ClN. The van der Waals surface area contributed by atoms with Crippen molar-refractivity contribution in [3.8, 4) is 0 Å². The Morgan fingerprint density at radius 2 is 2.14 bits per heavy atom. The summed E-state index contributed by atoms with van der Waals surface area (Å²) >= 11 is 5.97. The summed E-state index contributed by atoms with van der Waals surface area (Å²) < 4.78 is 0. The molecule has 1 nitrogen and oxygen atoms in total. The highest BCUT2D eigenvalue weighted by Crippen LogP contribution is 2.32. The van der Waals surface area contributed by atoms with Crippen molar-refractivity contribution in [2.45, 2.75) is 37.6 Å². The van der Waals surface area contributed by atoms with Gasteiger partial charge in [-0.25, -0.2) is 0 Å². The zero-order valence-electron chi connectivity index (χ0n) is 8.25. The van der Waals surface area contributed by atoms with Crippen molar-refractivity contribution in [3.05, 3.63) is 34.9 Å². The molecule has 0 bridgehead atoms. The lowest BCUT2D eigenvalue weighted by atomic mass is 9.82. The highest BCUT2D eigenvalue weighted by molar-refractivity contribution is 6.30. The molecule has 1 fully saturated rings. The zero-order chi connectivity index (χ0) is 9.97. The minimum absolute atomic E-state index is 0.382. The fourth-order valence-electron chi connectivity index (χ4n) is 2.29. The van der Waals surface area contributed by atoms with E-state index in [1.165, 1.54) is 24.8 Å². The number of hydrogen-bond acceptors (Lipinski definition) is 1. The summed E-state index contributed by atoms with van der Waals surface area (Å²) in [6.45, 7) is 0. The van der Waals surface area contributed by atoms with Crippen molar-refractivity contribution in [2.24, 2.45) is 5.73 Å². The summed E-state index contributed by atoms with van der Waals surface area (Å²) in [4.78, 5) is 0. The van der Waals surface area contributed by atoms with Gasteiger partial charge in [0.05, 0.1) is 0 Å². The molecule has 2 N–H and O–H groups in total. The molecule has 0 unspecified atom stereocenters. The summed E-state index contributed by atoms with van der Waals surface area (Å²) in [7, 11) is 0. The van der Waals surface area contributed by atoms with Gasteiger partial charge >= 0.3 is 0 Å². The lowest BCUT2D eigenvalue weighted by Gasteiger charge is -2.26. The molecule has 0 amide bonds. The minimum atomic E-state index is 0.382. The van der Waals surface area contributed by atoms with E-state index in [0.29, 0.717) is 12.0 Å². The monoisotopic (exact) mass is 209 g/mol. The van der Waals surface area contributed by atoms with Crippen LogP contribution in [-0.4, -0.2) is 6.04 Å². The molecule has 1 aromatic rings. The van der Waals surface area contributed by atoms with Crippen molar-refractivity contribution in [3.63, 3.8) is 0 Å².